The molecule has 0 radical (unpaired) electrons. The lowest BCUT2D eigenvalue weighted by Gasteiger charge is -2.35. The van der Waals surface area contributed by atoms with Crippen LogP contribution < -0.4 is 10.2 Å². The van der Waals surface area contributed by atoms with Gasteiger partial charge in [0.2, 0.25) is 5.91 Å². The van der Waals surface area contributed by atoms with E-state index in [0.717, 1.165) is 35.7 Å². The van der Waals surface area contributed by atoms with Crippen LogP contribution in [0.5, 0.6) is 0 Å². The van der Waals surface area contributed by atoms with Crippen LogP contribution in [-0.4, -0.2) is 72.3 Å². The van der Waals surface area contributed by atoms with E-state index in [1.807, 2.05) is 72.6 Å². The summed E-state index contributed by atoms with van der Waals surface area (Å²) in [6, 6.07) is 18.9. The number of hydrogen-bond donors (Lipinski definition) is 1. The summed E-state index contributed by atoms with van der Waals surface area (Å²) in [5.74, 6) is 0.389. The smallest absolute Gasteiger partial charge is 0.276 e. The minimum Gasteiger partial charge on any atom is -0.368 e. The fraction of sp³-hybridized carbons (Fsp3) is 0.214. The second-order valence-electron chi connectivity index (χ2n) is 9.44. The van der Waals surface area contributed by atoms with E-state index in [4.69, 9.17) is 0 Å². The second kappa shape index (κ2) is 10.0. The molecular formula is C28H27N9O2. The molecule has 5 heterocycles. The van der Waals surface area contributed by atoms with Gasteiger partial charge >= 0.3 is 0 Å². The Balaban J connectivity index is 1.25. The van der Waals surface area contributed by atoms with Crippen molar-refractivity contribution in [3.63, 3.8) is 0 Å². The second-order valence-corrected chi connectivity index (χ2v) is 9.44. The number of aromatic nitrogens is 6. The molecule has 0 unspecified atom stereocenters. The Morgan fingerprint density at radius 3 is 2.49 bits per heavy atom. The zero-order valence-corrected chi connectivity index (χ0v) is 21.7. The zero-order chi connectivity index (χ0) is 26.9. The van der Waals surface area contributed by atoms with Crippen LogP contribution in [0.15, 0.2) is 73.2 Å². The topological polar surface area (TPSA) is 114 Å². The number of piperazine rings is 1. The summed E-state index contributed by atoms with van der Waals surface area (Å²) in [5.41, 5.74) is 5.07. The van der Waals surface area contributed by atoms with E-state index < -0.39 is 0 Å². The van der Waals surface area contributed by atoms with Crippen LogP contribution in [0.25, 0.3) is 22.7 Å². The Morgan fingerprint density at radius 2 is 1.74 bits per heavy atom. The predicted molar refractivity (Wildman–Crippen MR) is 147 cm³/mol. The van der Waals surface area contributed by atoms with E-state index in [2.05, 4.69) is 30.4 Å². The molecule has 11 heteroatoms. The number of aryl methyl sites for hydroxylation is 1. The van der Waals surface area contributed by atoms with Crippen molar-refractivity contribution in [2.75, 3.05) is 36.4 Å². The minimum absolute atomic E-state index is 0.107. The highest BCUT2D eigenvalue weighted by Crippen LogP contribution is 2.25. The molecule has 1 saturated heterocycles. The van der Waals surface area contributed by atoms with Crippen molar-refractivity contribution >= 4 is 28.8 Å². The summed E-state index contributed by atoms with van der Waals surface area (Å²) in [6.45, 7) is 6.48. The molecule has 0 atom stereocenters. The number of nitrogens with zero attached hydrogens (tertiary/aromatic N) is 8. The lowest BCUT2D eigenvalue weighted by molar-refractivity contribution is -0.129. The molecule has 196 valence electrons. The van der Waals surface area contributed by atoms with Gasteiger partial charge < -0.3 is 15.1 Å². The molecule has 0 aliphatic carbocycles. The van der Waals surface area contributed by atoms with Gasteiger partial charge in [0.05, 0.1) is 5.69 Å². The molecule has 5 aromatic rings. The molecule has 2 amide bonds. The van der Waals surface area contributed by atoms with Crippen LogP contribution in [0.4, 0.5) is 11.4 Å². The van der Waals surface area contributed by atoms with Crippen molar-refractivity contribution in [3.8, 4) is 17.1 Å². The third kappa shape index (κ3) is 4.93. The van der Waals surface area contributed by atoms with Gasteiger partial charge in [0.25, 0.3) is 5.91 Å². The number of benzene rings is 1. The molecule has 0 spiro atoms. The normalized spacial score (nSPS) is 13.6. The fourth-order valence-corrected chi connectivity index (χ4v) is 4.72. The Bertz CT molecular complexity index is 1660. The fourth-order valence-electron chi connectivity index (χ4n) is 4.72. The first-order valence-corrected chi connectivity index (χ1v) is 12.7. The minimum atomic E-state index is -0.327. The van der Waals surface area contributed by atoms with Crippen molar-refractivity contribution in [1.29, 1.82) is 0 Å². The average Bonchev–Trinajstić information content (AvgIpc) is 3.61. The van der Waals surface area contributed by atoms with Crippen LogP contribution in [0.1, 0.15) is 23.1 Å². The Hall–Kier alpha value is -5.06. The van der Waals surface area contributed by atoms with Crippen molar-refractivity contribution in [2.45, 2.75) is 13.8 Å². The van der Waals surface area contributed by atoms with Gasteiger partial charge in [0, 0.05) is 61.9 Å². The molecule has 11 nitrogen and oxygen atoms in total. The number of pyridine rings is 2. The van der Waals surface area contributed by atoms with Gasteiger partial charge in [-0.15, -0.1) is 0 Å². The number of anilines is 2. The number of fused-ring (bicyclic) bond motifs is 1. The zero-order valence-electron chi connectivity index (χ0n) is 21.7. The highest BCUT2D eigenvalue weighted by molar-refractivity contribution is 6.03. The monoisotopic (exact) mass is 521 g/mol. The number of nitrogens with one attached hydrogen (secondary N) is 1. The number of carbonyl (C=O) groups is 2. The first-order chi connectivity index (χ1) is 18.9. The molecule has 6 rings (SSSR count). The molecule has 4 aromatic heterocycles. The molecule has 0 saturated carbocycles. The van der Waals surface area contributed by atoms with Crippen molar-refractivity contribution in [2.24, 2.45) is 0 Å². The van der Waals surface area contributed by atoms with Crippen LogP contribution in [0.2, 0.25) is 0 Å². The van der Waals surface area contributed by atoms with Crippen LogP contribution in [0.3, 0.4) is 0 Å². The Labute approximate surface area is 224 Å². The van der Waals surface area contributed by atoms with E-state index in [1.54, 1.807) is 22.2 Å². The van der Waals surface area contributed by atoms with Gasteiger partial charge in [0.15, 0.2) is 17.2 Å². The molecule has 1 fully saturated rings. The summed E-state index contributed by atoms with van der Waals surface area (Å²) in [7, 11) is 0. The lowest BCUT2D eigenvalue weighted by Crippen LogP contribution is -2.48. The van der Waals surface area contributed by atoms with Crippen LogP contribution >= 0.6 is 0 Å². The number of amides is 2. The maximum Gasteiger partial charge on any atom is 0.276 e. The summed E-state index contributed by atoms with van der Waals surface area (Å²) < 4.78 is 3.35. The van der Waals surface area contributed by atoms with Gasteiger partial charge in [0.1, 0.15) is 6.33 Å². The molecule has 1 aromatic carbocycles. The third-order valence-corrected chi connectivity index (χ3v) is 6.82. The molecule has 39 heavy (non-hydrogen) atoms. The van der Waals surface area contributed by atoms with Gasteiger partial charge in [-0.3, -0.25) is 9.59 Å². The molecular weight excluding hydrogens is 494 g/mol. The highest BCUT2D eigenvalue weighted by atomic mass is 16.2. The van der Waals surface area contributed by atoms with Gasteiger partial charge in [-0.05, 0) is 61.5 Å². The summed E-state index contributed by atoms with van der Waals surface area (Å²) in [4.78, 5) is 37.8. The highest BCUT2D eigenvalue weighted by Gasteiger charge is 2.20. The maximum atomic E-state index is 13.3. The quantitative estimate of drug-likeness (QED) is 0.378. The predicted octanol–water partition coefficient (Wildman–Crippen LogP) is 3.21. The van der Waals surface area contributed by atoms with Crippen molar-refractivity contribution < 1.29 is 9.59 Å². The van der Waals surface area contributed by atoms with Gasteiger partial charge in [-0.2, -0.15) is 10.2 Å². The lowest BCUT2D eigenvalue weighted by atomic mass is 10.2. The van der Waals surface area contributed by atoms with Gasteiger partial charge in [-0.1, -0.05) is 6.07 Å². The van der Waals surface area contributed by atoms with Gasteiger partial charge in [-0.25, -0.2) is 19.2 Å². The summed E-state index contributed by atoms with van der Waals surface area (Å²) in [6.07, 6.45) is 3.34. The first kappa shape index (κ1) is 24.3. The van der Waals surface area contributed by atoms with Crippen molar-refractivity contribution in [1.82, 2.24) is 34.3 Å². The maximum absolute atomic E-state index is 13.3. The molecule has 1 aliphatic heterocycles. The van der Waals surface area contributed by atoms with E-state index in [1.165, 1.54) is 6.33 Å². The standard InChI is InChI=1S/C28H27N9O2/c1-19-4-3-5-27(31-19)37-25(21-6-11-26-29-18-30-36(26)17-21)16-24(33-37)28(39)32-22-7-9-23(10-8-22)35-14-12-34(13-15-35)20(2)38/h3-11,16-18H,12-15H2,1-2H3,(H,32,39). The average molecular weight is 522 g/mol. The SMILES string of the molecule is CC(=O)N1CCN(c2ccc(NC(=O)c3cc(-c4ccc5ncnn5c4)n(-c4cccc(C)n4)n3)cc2)CC1. The van der Waals surface area contributed by atoms with Crippen molar-refractivity contribution in [3.05, 3.63) is 84.6 Å². The third-order valence-electron chi connectivity index (χ3n) is 6.82. The van der Waals surface area contributed by atoms with Crippen LogP contribution in [0, 0.1) is 6.92 Å². The molecule has 1 N–H and O–H groups in total. The van der Waals surface area contributed by atoms with E-state index in [9.17, 15) is 9.59 Å². The van der Waals surface area contributed by atoms with E-state index in [-0.39, 0.29) is 17.5 Å². The largest absolute Gasteiger partial charge is 0.368 e. The number of carbonyl (C=O) groups excluding carboxylic acids is 2. The van der Waals surface area contributed by atoms with E-state index >= 15 is 0 Å². The number of hydrogen-bond acceptors (Lipinski definition) is 7. The Kier molecular flexibility index (Phi) is 6.23. The number of rotatable bonds is 5. The first-order valence-electron chi connectivity index (χ1n) is 12.7. The van der Waals surface area contributed by atoms with E-state index in [0.29, 0.717) is 30.3 Å². The Morgan fingerprint density at radius 1 is 0.949 bits per heavy atom. The molecule has 0 bridgehead atoms. The summed E-state index contributed by atoms with van der Waals surface area (Å²) >= 11 is 0. The molecule has 1 aliphatic rings. The van der Waals surface area contributed by atoms with Crippen LogP contribution in [-0.2, 0) is 4.79 Å². The summed E-state index contributed by atoms with van der Waals surface area (Å²) in [5, 5.41) is 11.8.